The van der Waals surface area contributed by atoms with E-state index in [1.165, 1.54) is 0 Å². The molecule has 1 rings (SSSR count). The van der Waals surface area contributed by atoms with Crippen molar-refractivity contribution < 1.29 is 4.79 Å². The van der Waals surface area contributed by atoms with Crippen molar-refractivity contribution in [1.29, 1.82) is 0 Å². The SMILES string of the molecule is C/C=C/CN(C(=O)c1cc(CC(C)C)nc(N)n1)C(C)CC. The summed E-state index contributed by atoms with van der Waals surface area (Å²) in [6, 6.07) is 1.91. The van der Waals surface area contributed by atoms with Crippen molar-refractivity contribution in [3.8, 4) is 0 Å². The molecule has 1 amide bonds. The Labute approximate surface area is 133 Å². The summed E-state index contributed by atoms with van der Waals surface area (Å²) in [5, 5.41) is 0. The highest BCUT2D eigenvalue weighted by molar-refractivity contribution is 5.93. The van der Waals surface area contributed by atoms with Crippen LogP contribution in [0.25, 0.3) is 0 Å². The average molecular weight is 304 g/mol. The Morgan fingerprint density at radius 1 is 1.36 bits per heavy atom. The summed E-state index contributed by atoms with van der Waals surface area (Å²) in [5.41, 5.74) is 6.98. The van der Waals surface area contributed by atoms with Gasteiger partial charge < -0.3 is 10.6 Å². The molecule has 22 heavy (non-hydrogen) atoms. The summed E-state index contributed by atoms with van der Waals surface area (Å²) in [6.07, 6.45) is 5.60. The van der Waals surface area contributed by atoms with Gasteiger partial charge in [0.15, 0.2) is 0 Å². The van der Waals surface area contributed by atoms with Crippen LogP contribution >= 0.6 is 0 Å². The first kappa shape index (κ1) is 18.1. The predicted octanol–water partition coefficient (Wildman–Crippen LogP) is 3.07. The van der Waals surface area contributed by atoms with Crippen molar-refractivity contribution in [2.75, 3.05) is 12.3 Å². The van der Waals surface area contributed by atoms with Crippen molar-refractivity contribution in [2.24, 2.45) is 5.92 Å². The molecule has 0 spiro atoms. The molecular weight excluding hydrogens is 276 g/mol. The van der Waals surface area contributed by atoms with Gasteiger partial charge in [-0.2, -0.15) is 0 Å². The minimum atomic E-state index is -0.0912. The Bertz CT molecular complexity index is 525. The van der Waals surface area contributed by atoms with Crippen LogP contribution in [0, 0.1) is 5.92 Å². The smallest absolute Gasteiger partial charge is 0.273 e. The van der Waals surface area contributed by atoms with Gasteiger partial charge in [0, 0.05) is 18.3 Å². The summed E-state index contributed by atoms with van der Waals surface area (Å²) in [6.45, 7) is 10.9. The molecular formula is C17H28N4O. The number of carbonyl (C=O) groups is 1. The summed E-state index contributed by atoms with van der Waals surface area (Å²) >= 11 is 0. The number of carbonyl (C=O) groups excluding carboxylic acids is 1. The fourth-order valence-electron chi connectivity index (χ4n) is 2.20. The van der Waals surface area contributed by atoms with E-state index >= 15 is 0 Å². The first-order valence-corrected chi connectivity index (χ1v) is 7.94. The van der Waals surface area contributed by atoms with E-state index in [0.717, 1.165) is 18.5 Å². The van der Waals surface area contributed by atoms with Crippen LogP contribution in [-0.2, 0) is 6.42 Å². The molecule has 2 N–H and O–H groups in total. The molecule has 1 aromatic heterocycles. The highest BCUT2D eigenvalue weighted by atomic mass is 16.2. The Morgan fingerprint density at radius 3 is 2.59 bits per heavy atom. The van der Waals surface area contributed by atoms with Gasteiger partial charge in [-0.15, -0.1) is 0 Å². The molecule has 0 aromatic carbocycles. The van der Waals surface area contributed by atoms with Crippen LogP contribution in [0.2, 0.25) is 0 Å². The van der Waals surface area contributed by atoms with Gasteiger partial charge in [-0.25, -0.2) is 9.97 Å². The van der Waals surface area contributed by atoms with Gasteiger partial charge in [0.05, 0.1) is 0 Å². The van der Waals surface area contributed by atoms with Crippen molar-refractivity contribution in [1.82, 2.24) is 14.9 Å². The lowest BCUT2D eigenvalue weighted by Gasteiger charge is -2.27. The van der Waals surface area contributed by atoms with E-state index in [-0.39, 0.29) is 17.9 Å². The standard InChI is InChI=1S/C17H28N4O/c1-6-8-9-21(13(5)7-2)16(22)15-11-14(10-12(3)4)19-17(18)20-15/h6,8,11-13H,7,9-10H2,1-5H3,(H2,18,19,20)/b8-6+. The largest absolute Gasteiger partial charge is 0.368 e. The zero-order valence-corrected chi connectivity index (χ0v) is 14.3. The lowest BCUT2D eigenvalue weighted by Crippen LogP contribution is -2.39. The van der Waals surface area contributed by atoms with Crippen molar-refractivity contribution >= 4 is 11.9 Å². The van der Waals surface area contributed by atoms with E-state index in [2.05, 4.69) is 30.7 Å². The summed E-state index contributed by atoms with van der Waals surface area (Å²) < 4.78 is 0. The zero-order chi connectivity index (χ0) is 16.7. The van der Waals surface area contributed by atoms with E-state index in [1.54, 1.807) is 6.07 Å². The van der Waals surface area contributed by atoms with E-state index in [9.17, 15) is 4.79 Å². The number of hydrogen-bond donors (Lipinski definition) is 1. The van der Waals surface area contributed by atoms with Crippen LogP contribution in [0.5, 0.6) is 0 Å². The Morgan fingerprint density at radius 2 is 2.05 bits per heavy atom. The summed E-state index contributed by atoms with van der Waals surface area (Å²) in [5.74, 6) is 0.522. The second kappa shape index (κ2) is 8.51. The number of anilines is 1. The third kappa shape index (κ3) is 5.13. The first-order chi connectivity index (χ1) is 10.4. The van der Waals surface area contributed by atoms with Crippen molar-refractivity contribution in [2.45, 2.75) is 53.5 Å². The molecule has 0 fully saturated rings. The number of nitrogens with zero attached hydrogens (tertiary/aromatic N) is 3. The molecule has 5 heteroatoms. The van der Waals surface area contributed by atoms with Crippen molar-refractivity contribution in [3.63, 3.8) is 0 Å². The number of nitrogens with two attached hydrogens (primary N) is 1. The second-order valence-electron chi connectivity index (χ2n) is 5.98. The number of hydrogen-bond acceptors (Lipinski definition) is 4. The molecule has 0 bridgehead atoms. The monoisotopic (exact) mass is 304 g/mol. The number of nitrogen functional groups attached to an aromatic ring is 1. The fraction of sp³-hybridized carbons (Fsp3) is 0.588. The summed E-state index contributed by atoms with van der Waals surface area (Å²) in [7, 11) is 0. The molecule has 5 nitrogen and oxygen atoms in total. The van der Waals surface area contributed by atoms with Crippen LogP contribution in [0.15, 0.2) is 18.2 Å². The molecule has 0 radical (unpaired) electrons. The average Bonchev–Trinajstić information content (AvgIpc) is 2.45. The molecule has 0 saturated carbocycles. The molecule has 1 aromatic rings. The molecule has 1 atom stereocenters. The quantitative estimate of drug-likeness (QED) is 0.786. The van der Waals surface area contributed by atoms with E-state index < -0.39 is 0 Å². The molecule has 0 aliphatic heterocycles. The van der Waals surface area contributed by atoms with Crippen molar-refractivity contribution in [3.05, 3.63) is 29.6 Å². The predicted molar refractivity (Wildman–Crippen MR) is 90.6 cm³/mol. The highest BCUT2D eigenvalue weighted by Gasteiger charge is 2.21. The van der Waals surface area contributed by atoms with Gasteiger partial charge in [-0.05, 0) is 38.7 Å². The van der Waals surface area contributed by atoms with Gasteiger partial charge in [0.25, 0.3) is 5.91 Å². The molecule has 122 valence electrons. The number of amides is 1. The number of rotatable bonds is 7. The maximum Gasteiger partial charge on any atom is 0.273 e. The minimum Gasteiger partial charge on any atom is -0.368 e. The van der Waals surface area contributed by atoms with Gasteiger partial charge in [-0.3, -0.25) is 4.79 Å². The second-order valence-corrected chi connectivity index (χ2v) is 5.98. The third-order valence-electron chi connectivity index (χ3n) is 3.55. The highest BCUT2D eigenvalue weighted by Crippen LogP contribution is 2.13. The minimum absolute atomic E-state index is 0.0912. The van der Waals surface area contributed by atoms with E-state index in [0.29, 0.717) is 18.2 Å². The lowest BCUT2D eigenvalue weighted by molar-refractivity contribution is 0.0706. The van der Waals surface area contributed by atoms with Gasteiger partial charge in [0.1, 0.15) is 5.69 Å². The number of allylic oxidation sites excluding steroid dienone is 1. The molecule has 0 aliphatic rings. The van der Waals surface area contributed by atoms with Crippen LogP contribution in [0.4, 0.5) is 5.95 Å². The molecule has 1 heterocycles. The maximum absolute atomic E-state index is 12.8. The van der Waals surface area contributed by atoms with Gasteiger partial charge >= 0.3 is 0 Å². The van der Waals surface area contributed by atoms with Crippen LogP contribution in [0.1, 0.15) is 57.2 Å². The summed E-state index contributed by atoms with van der Waals surface area (Å²) in [4.78, 5) is 23.0. The Kier molecular flexibility index (Phi) is 7.02. The third-order valence-corrected chi connectivity index (χ3v) is 3.55. The van der Waals surface area contributed by atoms with Crippen LogP contribution in [0.3, 0.4) is 0 Å². The normalized spacial score (nSPS) is 12.8. The molecule has 1 unspecified atom stereocenters. The first-order valence-electron chi connectivity index (χ1n) is 7.94. The van der Waals surface area contributed by atoms with E-state index in [4.69, 9.17) is 5.73 Å². The zero-order valence-electron chi connectivity index (χ0n) is 14.3. The Hall–Kier alpha value is -1.91. The fourth-order valence-corrected chi connectivity index (χ4v) is 2.20. The maximum atomic E-state index is 12.8. The van der Waals surface area contributed by atoms with Crippen LogP contribution < -0.4 is 5.73 Å². The number of aromatic nitrogens is 2. The van der Waals surface area contributed by atoms with Gasteiger partial charge in [-0.1, -0.05) is 32.9 Å². The van der Waals surface area contributed by atoms with Crippen LogP contribution in [-0.4, -0.2) is 33.4 Å². The molecule has 0 aliphatic carbocycles. The van der Waals surface area contributed by atoms with Gasteiger partial charge in [0.2, 0.25) is 5.95 Å². The lowest BCUT2D eigenvalue weighted by atomic mass is 10.1. The molecule has 0 saturated heterocycles. The Balaban J connectivity index is 3.09. The van der Waals surface area contributed by atoms with E-state index in [1.807, 2.05) is 30.9 Å². The topological polar surface area (TPSA) is 72.1 Å².